The molecule has 2 N–H and O–H groups in total. The molecule has 21 heavy (non-hydrogen) atoms. The first-order valence-corrected chi connectivity index (χ1v) is 7.66. The van der Waals surface area contributed by atoms with Gasteiger partial charge in [-0.2, -0.15) is 0 Å². The zero-order valence-corrected chi connectivity index (χ0v) is 12.3. The van der Waals surface area contributed by atoms with Crippen molar-refractivity contribution in [1.82, 2.24) is 9.80 Å². The third kappa shape index (κ3) is 3.95. The number of benzene rings is 1. The molecule has 1 aliphatic carbocycles. The second-order valence-electron chi connectivity index (χ2n) is 5.87. The van der Waals surface area contributed by atoms with Gasteiger partial charge in [0.2, 0.25) is 5.91 Å². The molecule has 1 amide bonds. The first-order valence-electron chi connectivity index (χ1n) is 7.66. The number of anilines is 1. The fraction of sp³-hybridized carbons (Fsp3) is 0.562. The summed E-state index contributed by atoms with van der Waals surface area (Å²) < 4.78 is 5.30. The number of amides is 1. The van der Waals surface area contributed by atoms with Crippen molar-refractivity contribution in [3.8, 4) is 0 Å². The van der Waals surface area contributed by atoms with Crippen LogP contribution in [0.1, 0.15) is 18.4 Å². The minimum Gasteiger partial charge on any atom is -0.399 e. The van der Waals surface area contributed by atoms with Crippen LogP contribution in [0.2, 0.25) is 0 Å². The van der Waals surface area contributed by atoms with Crippen molar-refractivity contribution in [3.63, 3.8) is 0 Å². The first kappa shape index (κ1) is 14.4. The molecule has 3 rings (SSSR count). The summed E-state index contributed by atoms with van der Waals surface area (Å²) in [6.45, 7) is 4.09. The molecule has 5 heteroatoms. The van der Waals surface area contributed by atoms with Gasteiger partial charge in [-0.3, -0.25) is 9.69 Å². The quantitative estimate of drug-likeness (QED) is 0.825. The molecule has 0 spiro atoms. The molecule has 1 saturated heterocycles. The van der Waals surface area contributed by atoms with Gasteiger partial charge in [0.05, 0.1) is 19.8 Å². The number of carbonyl (C=O) groups excluding carboxylic acids is 1. The Hall–Kier alpha value is -1.59. The van der Waals surface area contributed by atoms with Crippen LogP contribution in [0.25, 0.3) is 0 Å². The number of ether oxygens (including phenoxy) is 1. The van der Waals surface area contributed by atoms with E-state index in [2.05, 4.69) is 4.90 Å². The predicted octanol–water partition coefficient (Wildman–Crippen LogP) is 1.09. The Morgan fingerprint density at radius 1 is 1.24 bits per heavy atom. The van der Waals surface area contributed by atoms with Crippen LogP contribution >= 0.6 is 0 Å². The fourth-order valence-corrected chi connectivity index (χ4v) is 2.70. The normalized spacial score (nSPS) is 19.0. The van der Waals surface area contributed by atoms with Crippen LogP contribution in [0.4, 0.5) is 5.69 Å². The van der Waals surface area contributed by atoms with Gasteiger partial charge in [-0.1, -0.05) is 12.1 Å². The summed E-state index contributed by atoms with van der Waals surface area (Å²) in [5.74, 6) is 0.223. The van der Waals surface area contributed by atoms with Gasteiger partial charge in [-0.15, -0.1) is 0 Å². The highest BCUT2D eigenvalue weighted by atomic mass is 16.5. The van der Waals surface area contributed by atoms with Crippen LogP contribution in [0, 0.1) is 0 Å². The van der Waals surface area contributed by atoms with Gasteiger partial charge in [-0.25, -0.2) is 0 Å². The Balaban J connectivity index is 1.59. The van der Waals surface area contributed by atoms with E-state index in [9.17, 15) is 4.79 Å². The molecule has 0 bridgehead atoms. The summed E-state index contributed by atoms with van der Waals surface area (Å²) in [6, 6.07) is 8.50. The summed E-state index contributed by atoms with van der Waals surface area (Å²) in [5, 5.41) is 0. The molecule has 5 nitrogen and oxygen atoms in total. The Kier molecular flexibility index (Phi) is 4.41. The van der Waals surface area contributed by atoms with Crippen molar-refractivity contribution >= 4 is 11.6 Å². The molecule has 0 unspecified atom stereocenters. The van der Waals surface area contributed by atoms with Gasteiger partial charge < -0.3 is 15.4 Å². The van der Waals surface area contributed by atoms with Crippen LogP contribution in [0.5, 0.6) is 0 Å². The lowest BCUT2D eigenvalue weighted by molar-refractivity contribution is -0.136. The Morgan fingerprint density at radius 3 is 2.52 bits per heavy atom. The minimum absolute atomic E-state index is 0.223. The molecule has 0 aromatic heterocycles. The Morgan fingerprint density at radius 2 is 1.90 bits per heavy atom. The van der Waals surface area contributed by atoms with Crippen molar-refractivity contribution in [1.29, 1.82) is 0 Å². The minimum atomic E-state index is 0.223. The van der Waals surface area contributed by atoms with Crippen molar-refractivity contribution < 1.29 is 9.53 Å². The summed E-state index contributed by atoms with van der Waals surface area (Å²) in [7, 11) is 0. The Bertz CT molecular complexity index is 479. The second-order valence-corrected chi connectivity index (χ2v) is 5.87. The van der Waals surface area contributed by atoms with Gasteiger partial charge in [0.1, 0.15) is 0 Å². The molecular weight excluding hydrogens is 266 g/mol. The monoisotopic (exact) mass is 289 g/mol. The molecule has 2 aliphatic rings. The lowest BCUT2D eigenvalue weighted by atomic mass is 10.2. The van der Waals surface area contributed by atoms with Gasteiger partial charge in [0.25, 0.3) is 0 Å². The standard InChI is InChI=1S/C16H23N3O2/c17-14-3-1-13(2-4-14)11-19(15-5-6-15)12-16(20)18-7-9-21-10-8-18/h1-4,15H,5-12,17H2. The molecule has 1 aromatic carbocycles. The maximum Gasteiger partial charge on any atom is 0.236 e. The van der Waals surface area contributed by atoms with Crippen LogP contribution in [0.15, 0.2) is 24.3 Å². The smallest absolute Gasteiger partial charge is 0.236 e. The SMILES string of the molecule is Nc1ccc(CN(CC(=O)N2CCOCC2)C2CC2)cc1. The number of rotatable bonds is 5. The predicted molar refractivity (Wildman–Crippen MR) is 81.7 cm³/mol. The van der Waals surface area contributed by atoms with E-state index < -0.39 is 0 Å². The second kappa shape index (κ2) is 6.45. The van der Waals surface area contributed by atoms with Crippen LogP contribution < -0.4 is 5.73 Å². The maximum absolute atomic E-state index is 12.4. The Labute approximate surface area is 125 Å². The summed E-state index contributed by atoms with van der Waals surface area (Å²) in [5.41, 5.74) is 7.71. The molecule has 0 atom stereocenters. The van der Waals surface area contributed by atoms with E-state index >= 15 is 0 Å². The van der Waals surface area contributed by atoms with E-state index in [-0.39, 0.29) is 5.91 Å². The topological polar surface area (TPSA) is 58.8 Å². The summed E-state index contributed by atoms with van der Waals surface area (Å²) in [6.07, 6.45) is 2.40. The molecular formula is C16H23N3O2. The summed E-state index contributed by atoms with van der Waals surface area (Å²) in [4.78, 5) is 16.6. The average molecular weight is 289 g/mol. The van der Waals surface area contributed by atoms with E-state index in [4.69, 9.17) is 10.5 Å². The van der Waals surface area contributed by atoms with Crippen LogP contribution in [-0.4, -0.2) is 54.6 Å². The summed E-state index contributed by atoms with van der Waals surface area (Å²) >= 11 is 0. The first-order chi connectivity index (χ1) is 10.2. The van der Waals surface area contributed by atoms with Crippen molar-refractivity contribution in [2.75, 3.05) is 38.6 Å². The molecule has 1 aromatic rings. The van der Waals surface area contributed by atoms with Crippen molar-refractivity contribution in [2.24, 2.45) is 0 Å². The zero-order chi connectivity index (χ0) is 14.7. The number of nitrogens with zero attached hydrogens (tertiary/aromatic N) is 2. The van der Waals surface area contributed by atoms with E-state index in [1.807, 2.05) is 29.2 Å². The number of morpholine rings is 1. The highest BCUT2D eigenvalue weighted by Gasteiger charge is 2.31. The molecule has 1 heterocycles. The third-order valence-electron chi connectivity index (χ3n) is 4.13. The number of carbonyl (C=O) groups is 1. The van der Waals surface area contributed by atoms with Crippen molar-refractivity contribution in [2.45, 2.75) is 25.4 Å². The molecule has 1 aliphatic heterocycles. The number of nitrogens with two attached hydrogens (primary N) is 1. The van der Waals surface area contributed by atoms with Gasteiger partial charge >= 0.3 is 0 Å². The van der Waals surface area contributed by atoms with E-state index in [0.29, 0.717) is 25.8 Å². The van der Waals surface area contributed by atoms with Crippen molar-refractivity contribution in [3.05, 3.63) is 29.8 Å². The molecule has 2 fully saturated rings. The lowest BCUT2D eigenvalue weighted by Crippen LogP contribution is -2.46. The third-order valence-corrected chi connectivity index (χ3v) is 4.13. The van der Waals surface area contributed by atoms with Gasteiger partial charge in [-0.05, 0) is 30.5 Å². The fourth-order valence-electron chi connectivity index (χ4n) is 2.70. The van der Waals surface area contributed by atoms with Gasteiger partial charge in [0.15, 0.2) is 0 Å². The van der Waals surface area contributed by atoms with E-state index in [0.717, 1.165) is 25.3 Å². The van der Waals surface area contributed by atoms with Crippen LogP contribution in [-0.2, 0) is 16.1 Å². The number of hydrogen-bond donors (Lipinski definition) is 1. The van der Waals surface area contributed by atoms with E-state index in [1.165, 1.54) is 18.4 Å². The van der Waals surface area contributed by atoms with Crippen LogP contribution in [0.3, 0.4) is 0 Å². The largest absolute Gasteiger partial charge is 0.399 e. The highest BCUT2D eigenvalue weighted by molar-refractivity contribution is 5.78. The molecule has 1 saturated carbocycles. The van der Waals surface area contributed by atoms with E-state index in [1.54, 1.807) is 0 Å². The number of nitrogen functional groups attached to an aromatic ring is 1. The number of hydrogen-bond acceptors (Lipinski definition) is 4. The highest BCUT2D eigenvalue weighted by Crippen LogP contribution is 2.28. The molecule has 0 radical (unpaired) electrons. The molecule has 114 valence electrons. The zero-order valence-electron chi connectivity index (χ0n) is 12.3. The lowest BCUT2D eigenvalue weighted by Gasteiger charge is -2.30. The maximum atomic E-state index is 12.4. The average Bonchev–Trinajstić information content (AvgIpc) is 3.34. The van der Waals surface area contributed by atoms with Gasteiger partial charge in [0, 0.05) is 31.4 Å².